The number of benzene rings is 2. The minimum atomic E-state index is -0.538. The van der Waals surface area contributed by atoms with Gasteiger partial charge in [-0.3, -0.25) is 9.78 Å². The van der Waals surface area contributed by atoms with Gasteiger partial charge in [0.2, 0.25) is 0 Å². The normalized spacial score (nSPS) is 18.4. The molecule has 0 aliphatic heterocycles. The number of carbonyl (C=O) groups is 1. The van der Waals surface area contributed by atoms with Gasteiger partial charge in [0, 0.05) is 29.1 Å². The fourth-order valence-corrected chi connectivity index (χ4v) is 5.15. The maximum absolute atomic E-state index is 13.5. The van der Waals surface area contributed by atoms with Crippen molar-refractivity contribution in [1.82, 2.24) is 9.88 Å². The summed E-state index contributed by atoms with van der Waals surface area (Å²) >= 11 is 6.27. The number of Topliss-reactive ketones (excluding diaryl/α,β-unsaturated/α-hetero) is 1. The summed E-state index contributed by atoms with van der Waals surface area (Å²) in [5.74, 6) is 0.281. The molecule has 3 aromatic rings. The van der Waals surface area contributed by atoms with Crippen molar-refractivity contribution in [2.24, 2.45) is 5.41 Å². The molecule has 0 atom stereocenters. The van der Waals surface area contributed by atoms with Gasteiger partial charge in [0.1, 0.15) is 0 Å². The number of carbonyl (C=O) groups excluding carboxylic acids is 1. The SMILES string of the molecule is COc1cc(-c2ccc3ncc(C(=O)C(C)(C)C)c(NC4CCC(N(C)C)CC4)c3c2)cc(Cl)c1O. The van der Waals surface area contributed by atoms with Gasteiger partial charge in [0.25, 0.3) is 0 Å². The summed E-state index contributed by atoms with van der Waals surface area (Å²) in [6, 6.07) is 10.3. The number of nitrogens with one attached hydrogen (secondary N) is 1. The molecule has 1 aromatic heterocycles. The lowest BCUT2D eigenvalue weighted by Crippen LogP contribution is -2.36. The average Bonchev–Trinajstić information content (AvgIpc) is 2.85. The Hall–Kier alpha value is -2.83. The number of ketones is 1. The van der Waals surface area contributed by atoms with Crippen molar-refractivity contribution in [2.75, 3.05) is 26.5 Å². The van der Waals surface area contributed by atoms with E-state index in [4.69, 9.17) is 16.3 Å². The minimum absolute atomic E-state index is 0.0566. The highest BCUT2D eigenvalue weighted by Crippen LogP contribution is 2.40. The van der Waals surface area contributed by atoms with Gasteiger partial charge in [-0.1, -0.05) is 38.4 Å². The molecule has 2 N–H and O–H groups in total. The number of phenolic OH excluding ortho intramolecular Hbond substituents is 1. The highest BCUT2D eigenvalue weighted by atomic mass is 35.5. The molecule has 0 saturated heterocycles. The number of anilines is 1. The zero-order valence-corrected chi connectivity index (χ0v) is 22.7. The molecule has 7 heteroatoms. The van der Waals surface area contributed by atoms with Gasteiger partial charge in [-0.2, -0.15) is 0 Å². The smallest absolute Gasteiger partial charge is 0.176 e. The minimum Gasteiger partial charge on any atom is -0.503 e. The number of rotatable bonds is 6. The van der Waals surface area contributed by atoms with Crippen LogP contribution in [0.5, 0.6) is 11.5 Å². The zero-order valence-electron chi connectivity index (χ0n) is 22.0. The average molecular weight is 510 g/mol. The zero-order chi connectivity index (χ0) is 26.2. The van der Waals surface area contributed by atoms with Crippen LogP contribution < -0.4 is 10.1 Å². The van der Waals surface area contributed by atoms with Gasteiger partial charge in [0.05, 0.1) is 28.9 Å². The first-order valence-corrected chi connectivity index (χ1v) is 12.8. The molecule has 192 valence electrons. The van der Waals surface area contributed by atoms with E-state index in [1.54, 1.807) is 18.3 Å². The summed E-state index contributed by atoms with van der Waals surface area (Å²) in [6.07, 6.45) is 6.03. The van der Waals surface area contributed by atoms with Gasteiger partial charge in [-0.05, 0) is 75.2 Å². The van der Waals surface area contributed by atoms with Crippen molar-refractivity contribution in [2.45, 2.75) is 58.5 Å². The molecule has 1 fully saturated rings. The van der Waals surface area contributed by atoms with Crippen LogP contribution in [0.2, 0.25) is 5.02 Å². The van der Waals surface area contributed by atoms with Gasteiger partial charge >= 0.3 is 0 Å². The lowest BCUT2D eigenvalue weighted by molar-refractivity contribution is 0.0859. The Bertz CT molecular complexity index is 1270. The van der Waals surface area contributed by atoms with E-state index in [1.807, 2.05) is 39.0 Å². The first-order valence-electron chi connectivity index (χ1n) is 12.5. The van der Waals surface area contributed by atoms with Crippen molar-refractivity contribution >= 4 is 34.0 Å². The number of hydrogen-bond acceptors (Lipinski definition) is 6. The topological polar surface area (TPSA) is 74.7 Å². The Morgan fingerprint density at radius 3 is 2.42 bits per heavy atom. The second kappa shape index (κ2) is 10.3. The van der Waals surface area contributed by atoms with E-state index >= 15 is 0 Å². The van der Waals surface area contributed by atoms with E-state index in [0.29, 0.717) is 17.4 Å². The van der Waals surface area contributed by atoms with Crippen LogP contribution in [0.3, 0.4) is 0 Å². The second-order valence-electron chi connectivity index (χ2n) is 11.0. The van der Waals surface area contributed by atoms with Crippen LogP contribution in [0.4, 0.5) is 5.69 Å². The molecule has 1 saturated carbocycles. The summed E-state index contributed by atoms with van der Waals surface area (Å²) in [6.45, 7) is 5.81. The molecule has 36 heavy (non-hydrogen) atoms. The van der Waals surface area contributed by atoms with E-state index < -0.39 is 5.41 Å². The molecule has 2 aromatic carbocycles. The summed E-state index contributed by atoms with van der Waals surface area (Å²) < 4.78 is 5.31. The third kappa shape index (κ3) is 5.30. The van der Waals surface area contributed by atoms with Crippen LogP contribution in [0.1, 0.15) is 56.8 Å². The first-order chi connectivity index (χ1) is 17.0. The van der Waals surface area contributed by atoms with E-state index in [1.165, 1.54) is 7.11 Å². The van der Waals surface area contributed by atoms with Gasteiger partial charge in [-0.25, -0.2) is 0 Å². The van der Waals surface area contributed by atoms with Gasteiger partial charge < -0.3 is 20.1 Å². The number of nitrogens with zero attached hydrogens (tertiary/aromatic N) is 2. The molecule has 1 aliphatic carbocycles. The third-order valence-corrected chi connectivity index (χ3v) is 7.44. The van der Waals surface area contributed by atoms with E-state index in [9.17, 15) is 9.90 Å². The number of pyridine rings is 1. The van der Waals surface area contributed by atoms with Crippen molar-refractivity contribution in [3.63, 3.8) is 0 Å². The Morgan fingerprint density at radius 2 is 1.81 bits per heavy atom. The summed E-state index contributed by atoms with van der Waals surface area (Å²) in [7, 11) is 5.78. The fourth-order valence-electron chi connectivity index (χ4n) is 4.94. The molecule has 1 aliphatic rings. The molecule has 0 amide bonds. The van der Waals surface area contributed by atoms with Crippen LogP contribution >= 0.6 is 11.6 Å². The second-order valence-corrected chi connectivity index (χ2v) is 11.4. The monoisotopic (exact) mass is 509 g/mol. The van der Waals surface area contributed by atoms with Crippen LogP contribution in [-0.2, 0) is 0 Å². The summed E-state index contributed by atoms with van der Waals surface area (Å²) in [4.78, 5) is 20.4. The highest BCUT2D eigenvalue weighted by Gasteiger charge is 2.29. The van der Waals surface area contributed by atoms with Crippen molar-refractivity contribution in [3.05, 3.63) is 47.1 Å². The van der Waals surface area contributed by atoms with Crippen molar-refractivity contribution in [3.8, 4) is 22.6 Å². The van der Waals surface area contributed by atoms with Gasteiger partial charge in [-0.15, -0.1) is 0 Å². The van der Waals surface area contributed by atoms with Crippen molar-refractivity contribution in [1.29, 1.82) is 0 Å². The molecule has 0 unspecified atom stereocenters. The fraction of sp³-hybridized carbons (Fsp3) is 0.448. The summed E-state index contributed by atoms with van der Waals surface area (Å²) in [5.41, 5.74) is 3.43. The molecule has 1 heterocycles. The number of aromatic hydroxyl groups is 1. The predicted octanol–water partition coefficient (Wildman–Crippen LogP) is 6.78. The van der Waals surface area contributed by atoms with E-state index in [-0.39, 0.29) is 22.6 Å². The van der Waals surface area contributed by atoms with Crippen LogP contribution in [0.25, 0.3) is 22.0 Å². The quantitative estimate of drug-likeness (QED) is 0.356. The summed E-state index contributed by atoms with van der Waals surface area (Å²) in [5, 5.41) is 15.0. The third-order valence-electron chi connectivity index (χ3n) is 7.15. The maximum atomic E-state index is 13.5. The molecule has 6 nitrogen and oxygen atoms in total. The number of ether oxygens (including phenoxy) is 1. The molecule has 0 spiro atoms. The Labute approximate surface area is 218 Å². The lowest BCUT2D eigenvalue weighted by atomic mass is 9.85. The van der Waals surface area contributed by atoms with Gasteiger partial charge in [0.15, 0.2) is 17.3 Å². The highest BCUT2D eigenvalue weighted by molar-refractivity contribution is 6.32. The van der Waals surface area contributed by atoms with Crippen molar-refractivity contribution < 1.29 is 14.6 Å². The Kier molecular flexibility index (Phi) is 7.48. The number of hydrogen-bond donors (Lipinski definition) is 2. The number of methoxy groups -OCH3 is 1. The maximum Gasteiger partial charge on any atom is 0.176 e. The number of aromatic nitrogens is 1. The lowest BCUT2D eigenvalue weighted by Gasteiger charge is -2.34. The molecule has 4 rings (SSSR count). The number of phenols is 1. The molecule has 0 radical (unpaired) electrons. The molecular formula is C29H36ClN3O3. The van der Waals surface area contributed by atoms with E-state index in [2.05, 4.69) is 29.3 Å². The predicted molar refractivity (Wildman–Crippen MR) is 148 cm³/mol. The number of halogens is 1. The molecular weight excluding hydrogens is 474 g/mol. The Morgan fingerprint density at radius 1 is 1.11 bits per heavy atom. The Balaban J connectivity index is 1.82. The van der Waals surface area contributed by atoms with Crippen LogP contribution in [0.15, 0.2) is 36.5 Å². The number of fused-ring (bicyclic) bond motifs is 1. The standard InChI is InChI=1S/C29H36ClN3O3/c1-29(2,3)28(35)22-16-31-24-12-7-17(18-14-23(30)27(34)25(15-18)36-6)13-21(24)26(22)32-19-8-10-20(11-9-19)33(4)5/h7,12-16,19-20,34H,8-11H2,1-6H3,(H,31,32). The molecule has 0 bridgehead atoms. The largest absolute Gasteiger partial charge is 0.503 e. The first kappa shape index (κ1) is 26.2. The van der Waals surface area contributed by atoms with E-state index in [0.717, 1.165) is 53.4 Å². The van der Waals surface area contributed by atoms with Crippen LogP contribution in [-0.4, -0.2) is 54.1 Å². The van der Waals surface area contributed by atoms with Crippen LogP contribution in [0, 0.1) is 5.41 Å².